The van der Waals surface area contributed by atoms with Crippen LogP contribution in [0.1, 0.15) is 12.5 Å². The highest BCUT2D eigenvalue weighted by molar-refractivity contribution is 5.89. The highest BCUT2D eigenvalue weighted by atomic mass is 19.1. The average Bonchev–Trinajstić information content (AvgIpc) is 3.00. The molecule has 0 spiro atoms. The van der Waals surface area contributed by atoms with Gasteiger partial charge in [0.1, 0.15) is 5.82 Å². The molecule has 0 aromatic heterocycles. The summed E-state index contributed by atoms with van der Waals surface area (Å²) in [6.07, 6.45) is 0. The van der Waals surface area contributed by atoms with E-state index in [-0.39, 0.29) is 18.6 Å². The Balaban J connectivity index is 1.68. The van der Waals surface area contributed by atoms with Crippen molar-refractivity contribution in [1.82, 2.24) is 4.90 Å². The SMILES string of the molecule is CCN(Cc1cccc(F)c1)C(=O)Nc1ccc2c(c1)OCO2. The number of nitrogens with one attached hydrogen (secondary N) is 1. The number of fused-ring (bicyclic) bond motifs is 1. The highest BCUT2D eigenvalue weighted by Gasteiger charge is 2.16. The number of amides is 2. The van der Waals surface area contributed by atoms with Gasteiger partial charge in [0.25, 0.3) is 0 Å². The lowest BCUT2D eigenvalue weighted by Crippen LogP contribution is -2.34. The third-order valence-corrected chi connectivity index (χ3v) is 3.56. The molecule has 1 N–H and O–H groups in total. The summed E-state index contributed by atoms with van der Waals surface area (Å²) in [6.45, 7) is 2.91. The van der Waals surface area contributed by atoms with Crippen molar-refractivity contribution < 1.29 is 18.7 Å². The highest BCUT2D eigenvalue weighted by Crippen LogP contribution is 2.34. The van der Waals surface area contributed by atoms with Crippen molar-refractivity contribution in [1.29, 1.82) is 0 Å². The largest absolute Gasteiger partial charge is 0.454 e. The van der Waals surface area contributed by atoms with Gasteiger partial charge in [-0.3, -0.25) is 0 Å². The molecule has 1 heterocycles. The van der Waals surface area contributed by atoms with E-state index >= 15 is 0 Å². The molecule has 5 nitrogen and oxygen atoms in total. The van der Waals surface area contributed by atoms with Gasteiger partial charge in [-0.1, -0.05) is 12.1 Å². The normalized spacial score (nSPS) is 12.1. The molecule has 1 aliphatic heterocycles. The van der Waals surface area contributed by atoms with Crippen molar-refractivity contribution in [3.05, 3.63) is 53.8 Å². The van der Waals surface area contributed by atoms with Crippen LogP contribution in [-0.4, -0.2) is 24.3 Å². The molecule has 1 aliphatic rings. The molecule has 2 amide bonds. The van der Waals surface area contributed by atoms with E-state index in [1.54, 1.807) is 35.2 Å². The van der Waals surface area contributed by atoms with Crippen molar-refractivity contribution in [3.8, 4) is 11.5 Å². The van der Waals surface area contributed by atoms with Gasteiger partial charge < -0.3 is 19.7 Å². The van der Waals surface area contributed by atoms with Crippen molar-refractivity contribution in [2.45, 2.75) is 13.5 Å². The van der Waals surface area contributed by atoms with Crippen LogP contribution in [-0.2, 0) is 6.54 Å². The molecule has 0 fully saturated rings. The van der Waals surface area contributed by atoms with E-state index in [0.717, 1.165) is 5.56 Å². The second kappa shape index (κ2) is 6.56. The Morgan fingerprint density at radius 3 is 2.83 bits per heavy atom. The van der Waals surface area contributed by atoms with Gasteiger partial charge in [-0.25, -0.2) is 9.18 Å². The van der Waals surface area contributed by atoms with Gasteiger partial charge in [0.15, 0.2) is 11.5 Å². The summed E-state index contributed by atoms with van der Waals surface area (Å²) >= 11 is 0. The third kappa shape index (κ3) is 3.53. The van der Waals surface area contributed by atoms with Crippen molar-refractivity contribution in [3.63, 3.8) is 0 Å². The van der Waals surface area contributed by atoms with Gasteiger partial charge in [0.2, 0.25) is 6.79 Å². The third-order valence-electron chi connectivity index (χ3n) is 3.56. The molecule has 120 valence electrons. The number of benzene rings is 2. The number of nitrogens with zero attached hydrogens (tertiary/aromatic N) is 1. The summed E-state index contributed by atoms with van der Waals surface area (Å²) < 4.78 is 23.8. The van der Waals surface area contributed by atoms with Crippen molar-refractivity contribution in [2.24, 2.45) is 0 Å². The number of hydrogen-bond donors (Lipinski definition) is 1. The Labute approximate surface area is 133 Å². The Hall–Kier alpha value is -2.76. The van der Waals surface area contributed by atoms with Gasteiger partial charge in [0, 0.05) is 24.8 Å². The first-order valence-corrected chi connectivity index (χ1v) is 7.35. The monoisotopic (exact) mass is 316 g/mol. The van der Waals surface area contributed by atoms with E-state index in [0.29, 0.717) is 30.3 Å². The number of ether oxygens (including phenoxy) is 2. The molecule has 0 saturated heterocycles. The lowest BCUT2D eigenvalue weighted by atomic mass is 10.2. The number of carbonyl (C=O) groups excluding carboxylic acids is 1. The fraction of sp³-hybridized carbons (Fsp3) is 0.235. The second-order valence-electron chi connectivity index (χ2n) is 5.14. The Morgan fingerprint density at radius 2 is 2.04 bits per heavy atom. The van der Waals surface area contributed by atoms with E-state index in [1.165, 1.54) is 12.1 Å². The molecule has 0 saturated carbocycles. The molecular weight excluding hydrogens is 299 g/mol. The minimum atomic E-state index is -0.310. The lowest BCUT2D eigenvalue weighted by Gasteiger charge is -2.21. The van der Waals surface area contributed by atoms with E-state index < -0.39 is 0 Å². The Bertz CT molecular complexity index is 721. The fourth-order valence-corrected chi connectivity index (χ4v) is 2.36. The maximum absolute atomic E-state index is 13.3. The van der Waals surface area contributed by atoms with Gasteiger partial charge in [-0.05, 0) is 36.8 Å². The number of urea groups is 1. The topological polar surface area (TPSA) is 50.8 Å². The minimum absolute atomic E-state index is 0.188. The second-order valence-corrected chi connectivity index (χ2v) is 5.14. The molecule has 0 radical (unpaired) electrons. The van der Waals surface area contributed by atoms with Gasteiger partial charge in [-0.15, -0.1) is 0 Å². The van der Waals surface area contributed by atoms with Gasteiger partial charge in [0.05, 0.1) is 0 Å². The van der Waals surface area contributed by atoms with Crippen LogP contribution in [0.5, 0.6) is 11.5 Å². The average molecular weight is 316 g/mol. The first-order chi connectivity index (χ1) is 11.2. The molecule has 6 heteroatoms. The fourth-order valence-electron chi connectivity index (χ4n) is 2.36. The Morgan fingerprint density at radius 1 is 1.22 bits per heavy atom. The molecule has 23 heavy (non-hydrogen) atoms. The first-order valence-electron chi connectivity index (χ1n) is 7.35. The number of rotatable bonds is 4. The van der Waals surface area contributed by atoms with Crippen LogP contribution in [0.15, 0.2) is 42.5 Å². The van der Waals surface area contributed by atoms with E-state index in [9.17, 15) is 9.18 Å². The zero-order valence-corrected chi connectivity index (χ0v) is 12.7. The zero-order valence-electron chi connectivity index (χ0n) is 12.7. The molecule has 0 unspecified atom stereocenters. The van der Waals surface area contributed by atoms with Crippen LogP contribution < -0.4 is 14.8 Å². The molecule has 2 aromatic carbocycles. The molecule has 2 aromatic rings. The molecule has 0 bridgehead atoms. The summed E-state index contributed by atoms with van der Waals surface area (Å²) in [5.74, 6) is 0.959. The standard InChI is InChI=1S/C17H17FN2O3/c1-2-20(10-12-4-3-5-13(18)8-12)17(21)19-14-6-7-15-16(9-14)23-11-22-15/h3-9H,2,10-11H2,1H3,(H,19,21). The lowest BCUT2D eigenvalue weighted by molar-refractivity contribution is 0.174. The molecule has 0 aliphatic carbocycles. The predicted molar refractivity (Wildman–Crippen MR) is 84.1 cm³/mol. The van der Waals surface area contributed by atoms with Crippen LogP contribution >= 0.6 is 0 Å². The smallest absolute Gasteiger partial charge is 0.322 e. The predicted octanol–water partition coefficient (Wildman–Crippen LogP) is 3.61. The quantitative estimate of drug-likeness (QED) is 0.937. The zero-order chi connectivity index (χ0) is 16.2. The number of halogens is 1. The summed E-state index contributed by atoms with van der Waals surface area (Å²) in [4.78, 5) is 14.0. The van der Waals surface area contributed by atoms with E-state index in [2.05, 4.69) is 5.32 Å². The maximum Gasteiger partial charge on any atom is 0.322 e. The summed E-state index contributed by atoms with van der Waals surface area (Å²) in [5, 5.41) is 2.82. The van der Waals surface area contributed by atoms with Gasteiger partial charge in [-0.2, -0.15) is 0 Å². The van der Waals surface area contributed by atoms with Crippen molar-refractivity contribution in [2.75, 3.05) is 18.7 Å². The van der Waals surface area contributed by atoms with Crippen LogP contribution in [0.2, 0.25) is 0 Å². The Kier molecular flexibility index (Phi) is 4.32. The van der Waals surface area contributed by atoms with E-state index in [1.807, 2.05) is 6.92 Å². The van der Waals surface area contributed by atoms with Crippen LogP contribution in [0, 0.1) is 5.82 Å². The number of carbonyl (C=O) groups is 1. The molecule has 3 rings (SSSR count). The number of anilines is 1. The minimum Gasteiger partial charge on any atom is -0.454 e. The summed E-state index contributed by atoms with van der Waals surface area (Å²) in [5.41, 5.74) is 1.37. The maximum atomic E-state index is 13.3. The van der Waals surface area contributed by atoms with Crippen LogP contribution in [0.25, 0.3) is 0 Å². The summed E-state index contributed by atoms with van der Waals surface area (Å²) in [6, 6.07) is 11.2. The van der Waals surface area contributed by atoms with Gasteiger partial charge >= 0.3 is 6.03 Å². The van der Waals surface area contributed by atoms with Crippen molar-refractivity contribution >= 4 is 11.7 Å². The molecule has 0 atom stereocenters. The van der Waals surface area contributed by atoms with Crippen LogP contribution in [0.4, 0.5) is 14.9 Å². The van der Waals surface area contributed by atoms with Crippen LogP contribution in [0.3, 0.4) is 0 Å². The summed E-state index contributed by atoms with van der Waals surface area (Å²) in [7, 11) is 0. The number of hydrogen-bond acceptors (Lipinski definition) is 3. The first kappa shape index (κ1) is 15.1. The molecular formula is C17H17FN2O3. The van der Waals surface area contributed by atoms with E-state index in [4.69, 9.17) is 9.47 Å².